The Bertz CT molecular complexity index is 1000. The van der Waals surface area contributed by atoms with Gasteiger partial charge in [-0.15, -0.1) is 0 Å². The Balaban J connectivity index is 1.53. The van der Waals surface area contributed by atoms with Gasteiger partial charge in [-0.3, -0.25) is 9.59 Å². The maximum atomic E-state index is 12.8. The van der Waals surface area contributed by atoms with Crippen molar-refractivity contribution >= 4 is 17.5 Å². The molecule has 1 aromatic heterocycles. The Hall–Kier alpha value is -3.19. The predicted octanol–water partition coefficient (Wildman–Crippen LogP) is 2.90. The maximum Gasteiger partial charge on any atom is 0.266 e. The average Bonchev–Trinajstić information content (AvgIpc) is 2.70. The summed E-state index contributed by atoms with van der Waals surface area (Å²) in [5.74, 6) is -0.341. The summed E-state index contributed by atoms with van der Waals surface area (Å²) in [5.41, 5.74) is 1.19. The monoisotopic (exact) mass is 401 g/mol. The molecule has 3 rings (SSSR count). The lowest BCUT2D eigenvalue weighted by atomic mass is 10.1. The summed E-state index contributed by atoms with van der Waals surface area (Å²) in [6, 6.07) is 15.6. The molecule has 0 saturated heterocycles. The van der Waals surface area contributed by atoms with Crippen LogP contribution in [0.25, 0.3) is 11.3 Å². The van der Waals surface area contributed by atoms with Crippen molar-refractivity contribution < 1.29 is 13.9 Å². The molecule has 3 aromatic rings. The number of ether oxygens (including phenoxy) is 1. The van der Waals surface area contributed by atoms with Gasteiger partial charge in [-0.2, -0.15) is 5.10 Å². The Morgan fingerprint density at radius 2 is 1.79 bits per heavy atom. The minimum atomic E-state index is -0.379. The van der Waals surface area contributed by atoms with E-state index < -0.39 is 0 Å². The van der Waals surface area contributed by atoms with Gasteiger partial charge in [0.1, 0.15) is 11.6 Å². The van der Waals surface area contributed by atoms with E-state index in [2.05, 4.69) is 10.4 Å². The van der Waals surface area contributed by atoms with Crippen molar-refractivity contribution in [2.75, 3.05) is 13.2 Å². The normalized spacial score (nSPS) is 10.5. The molecule has 1 N–H and O–H groups in total. The highest BCUT2D eigenvalue weighted by Crippen LogP contribution is 2.18. The van der Waals surface area contributed by atoms with Crippen molar-refractivity contribution in [3.8, 4) is 17.0 Å². The van der Waals surface area contributed by atoms with E-state index in [4.69, 9.17) is 16.3 Å². The standard InChI is InChI=1S/C20H17ClFN3O3/c21-15-3-1-14(2-4-15)18-9-10-20(27)25(24-18)12-11-23-19(26)13-28-17-7-5-16(22)6-8-17/h1-10H,11-13H2,(H,23,26). The van der Waals surface area contributed by atoms with Crippen molar-refractivity contribution in [1.82, 2.24) is 15.1 Å². The first-order valence-corrected chi connectivity index (χ1v) is 8.88. The van der Waals surface area contributed by atoms with Gasteiger partial charge in [0.25, 0.3) is 11.5 Å². The van der Waals surface area contributed by atoms with Gasteiger partial charge in [0, 0.05) is 23.2 Å². The van der Waals surface area contributed by atoms with Crippen molar-refractivity contribution in [2.24, 2.45) is 0 Å². The second-order valence-electron chi connectivity index (χ2n) is 5.88. The number of nitrogens with zero attached hydrogens (tertiary/aromatic N) is 2. The summed E-state index contributed by atoms with van der Waals surface area (Å²) in [6.45, 7) is 0.212. The van der Waals surface area contributed by atoms with Crippen LogP contribution >= 0.6 is 11.6 Å². The SMILES string of the molecule is O=C(COc1ccc(F)cc1)NCCn1nc(-c2ccc(Cl)cc2)ccc1=O. The highest BCUT2D eigenvalue weighted by atomic mass is 35.5. The lowest BCUT2D eigenvalue weighted by Gasteiger charge is -2.09. The third-order valence-corrected chi connectivity index (χ3v) is 4.09. The number of nitrogens with one attached hydrogen (secondary N) is 1. The average molecular weight is 402 g/mol. The van der Waals surface area contributed by atoms with Gasteiger partial charge >= 0.3 is 0 Å². The number of hydrogen-bond donors (Lipinski definition) is 1. The second kappa shape index (κ2) is 9.14. The van der Waals surface area contributed by atoms with E-state index in [1.54, 1.807) is 18.2 Å². The number of hydrogen-bond acceptors (Lipinski definition) is 4. The van der Waals surface area contributed by atoms with Crippen molar-refractivity contribution in [2.45, 2.75) is 6.54 Å². The first kappa shape index (κ1) is 19.6. The quantitative estimate of drug-likeness (QED) is 0.660. The summed E-state index contributed by atoms with van der Waals surface area (Å²) >= 11 is 5.88. The number of rotatable bonds is 7. The molecule has 28 heavy (non-hydrogen) atoms. The second-order valence-corrected chi connectivity index (χ2v) is 6.32. The highest BCUT2D eigenvalue weighted by molar-refractivity contribution is 6.30. The van der Waals surface area contributed by atoms with Gasteiger partial charge in [0.2, 0.25) is 0 Å². The van der Waals surface area contributed by atoms with Crippen LogP contribution in [0, 0.1) is 5.82 Å². The molecule has 6 nitrogen and oxygen atoms in total. The Kier molecular flexibility index (Phi) is 6.39. The van der Waals surface area contributed by atoms with Gasteiger partial charge in [-0.1, -0.05) is 23.7 Å². The van der Waals surface area contributed by atoms with Crippen LogP contribution in [0.4, 0.5) is 4.39 Å². The number of halogens is 2. The smallest absolute Gasteiger partial charge is 0.266 e. The molecule has 0 unspecified atom stereocenters. The number of benzene rings is 2. The van der Waals surface area contributed by atoms with Gasteiger partial charge in [0.15, 0.2) is 6.61 Å². The summed E-state index contributed by atoms with van der Waals surface area (Å²) in [5, 5.41) is 7.58. The van der Waals surface area contributed by atoms with Gasteiger partial charge < -0.3 is 10.1 Å². The van der Waals surface area contributed by atoms with Crippen molar-refractivity contribution in [3.05, 3.63) is 81.9 Å². The van der Waals surface area contributed by atoms with E-state index in [1.807, 2.05) is 12.1 Å². The van der Waals surface area contributed by atoms with Crippen LogP contribution in [0.1, 0.15) is 0 Å². The molecule has 0 fully saturated rings. The van der Waals surface area contributed by atoms with Gasteiger partial charge in [0.05, 0.1) is 12.2 Å². The van der Waals surface area contributed by atoms with Crippen molar-refractivity contribution in [1.29, 1.82) is 0 Å². The molecule has 0 spiro atoms. The zero-order valence-electron chi connectivity index (χ0n) is 14.8. The number of aromatic nitrogens is 2. The fraction of sp³-hybridized carbons (Fsp3) is 0.150. The lowest BCUT2D eigenvalue weighted by molar-refractivity contribution is -0.123. The van der Waals surface area contributed by atoms with Gasteiger partial charge in [-0.05, 0) is 42.5 Å². The molecule has 0 atom stereocenters. The van der Waals surface area contributed by atoms with E-state index in [9.17, 15) is 14.0 Å². The Labute approximate surface area is 165 Å². The third kappa shape index (κ3) is 5.40. The molecular weight excluding hydrogens is 385 g/mol. The molecule has 1 amide bonds. The fourth-order valence-corrected chi connectivity index (χ4v) is 2.54. The third-order valence-electron chi connectivity index (χ3n) is 3.84. The summed E-state index contributed by atoms with van der Waals surface area (Å²) < 4.78 is 19.4. The van der Waals surface area contributed by atoms with E-state index in [0.29, 0.717) is 16.5 Å². The minimum absolute atomic E-state index is 0.210. The molecule has 144 valence electrons. The molecule has 2 aromatic carbocycles. The number of carbonyl (C=O) groups excluding carboxylic acids is 1. The molecular formula is C20H17ClFN3O3. The molecule has 0 aliphatic rings. The first-order valence-electron chi connectivity index (χ1n) is 8.50. The molecule has 0 bridgehead atoms. The first-order chi connectivity index (χ1) is 13.5. The summed E-state index contributed by atoms with van der Waals surface area (Å²) in [7, 11) is 0. The molecule has 8 heteroatoms. The maximum absolute atomic E-state index is 12.8. The zero-order chi connectivity index (χ0) is 19.9. The van der Waals surface area contributed by atoms with E-state index in [1.165, 1.54) is 35.0 Å². The zero-order valence-corrected chi connectivity index (χ0v) is 15.5. The van der Waals surface area contributed by atoms with E-state index >= 15 is 0 Å². The Morgan fingerprint density at radius 1 is 1.07 bits per heavy atom. The predicted molar refractivity (Wildman–Crippen MR) is 104 cm³/mol. The summed E-state index contributed by atoms with van der Waals surface area (Å²) in [6.07, 6.45) is 0. The largest absolute Gasteiger partial charge is 0.484 e. The van der Waals surface area contributed by atoms with Crippen LogP contribution in [-0.4, -0.2) is 28.8 Å². The van der Waals surface area contributed by atoms with Crippen LogP contribution in [-0.2, 0) is 11.3 Å². The highest BCUT2D eigenvalue weighted by Gasteiger charge is 2.06. The number of carbonyl (C=O) groups is 1. The van der Waals surface area contributed by atoms with Crippen molar-refractivity contribution in [3.63, 3.8) is 0 Å². The topological polar surface area (TPSA) is 73.2 Å². The fourth-order valence-electron chi connectivity index (χ4n) is 2.42. The minimum Gasteiger partial charge on any atom is -0.484 e. The van der Waals surface area contributed by atoms with Crippen LogP contribution in [0.5, 0.6) is 5.75 Å². The molecule has 0 aliphatic heterocycles. The lowest BCUT2D eigenvalue weighted by Crippen LogP contribution is -2.34. The Morgan fingerprint density at radius 3 is 2.50 bits per heavy atom. The molecule has 0 aliphatic carbocycles. The number of amides is 1. The van der Waals surface area contributed by atoms with Crippen LogP contribution in [0.3, 0.4) is 0 Å². The molecule has 0 saturated carbocycles. The van der Waals surface area contributed by atoms with Crippen LogP contribution in [0.15, 0.2) is 65.5 Å². The van der Waals surface area contributed by atoms with E-state index in [0.717, 1.165) is 5.56 Å². The van der Waals surface area contributed by atoms with E-state index in [-0.39, 0.29) is 37.0 Å². The van der Waals surface area contributed by atoms with Gasteiger partial charge in [-0.25, -0.2) is 9.07 Å². The van der Waals surface area contributed by atoms with Crippen LogP contribution in [0.2, 0.25) is 5.02 Å². The van der Waals surface area contributed by atoms with Crippen LogP contribution < -0.4 is 15.6 Å². The molecule has 0 radical (unpaired) electrons. The summed E-state index contributed by atoms with van der Waals surface area (Å²) in [4.78, 5) is 23.8. The molecule has 1 heterocycles.